The van der Waals surface area contributed by atoms with Crippen LogP contribution < -0.4 is 4.90 Å². The SMILES string of the molecule is CC(=O)N(c1ccc(C#N)cc1)C1N=CN=CC1(Cl)N(C(C)=O)C(C)=O. The van der Waals surface area contributed by atoms with Gasteiger partial charge in [-0.25, -0.2) is 9.98 Å². The number of hydrogen-bond donors (Lipinski definition) is 0. The largest absolute Gasteiger partial charge is 0.286 e. The van der Waals surface area contributed by atoms with Crippen molar-refractivity contribution in [3.63, 3.8) is 0 Å². The van der Waals surface area contributed by atoms with Gasteiger partial charge in [-0.1, -0.05) is 11.6 Å². The van der Waals surface area contributed by atoms with Gasteiger partial charge in [-0.3, -0.25) is 24.2 Å². The van der Waals surface area contributed by atoms with Gasteiger partial charge in [-0.05, 0) is 24.3 Å². The number of halogens is 1. The smallest absolute Gasteiger partial charge is 0.227 e. The molecule has 0 aromatic heterocycles. The van der Waals surface area contributed by atoms with Gasteiger partial charge in [0.05, 0.1) is 17.8 Å². The quantitative estimate of drug-likeness (QED) is 0.593. The van der Waals surface area contributed by atoms with E-state index in [1.54, 1.807) is 12.1 Å². The van der Waals surface area contributed by atoms with Crippen molar-refractivity contribution < 1.29 is 14.4 Å². The third-order valence-electron chi connectivity index (χ3n) is 3.72. The Kier molecular flexibility index (Phi) is 5.53. The highest BCUT2D eigenvalue weighted by molar-refractivity contribution is 6.36. The van der Waals surface area contributed by atoms with Crippen LogP contribution in [0.15, 0.2) is 34.3 Å². The van der Waals surface area contributed by atoms with Crippen LogP contribution in [-0.2, 0) is 14.4 Å². The van der Waals surface area contributed by atoms with Crippen LogP contribution in [0.5, 0.6) is 0 Å². The van der Waals surface area contributed by atoms with E-state index in [0.717, 1.165) is 4.90 Å². The molecule has 0 aliphatic carbocycles. The van der Waals surface area contributed by atoms with Crippen molar-refractivity contribution in [1.29, 1.82) is 5.26 Å². The van der Waals surface area contributed by atoms with Crippen LogP contribution in [0.3, 0.4) is 0 Å². The van der Waals surface area contributed by atoms with E-state index in [4.69, 9.17) is 16.9 Å². The lowest BCUT2D eigenvalue weighted by atomic mass is 10.1. The van der Waals surface area contributed by atoms with Crippen LogP contribution in [0.4, 0.5) is 5.69 Å². The Morgan fingerprint density at radius 1 is 1.12 bits per heavy atom. The van der Waals surface area contributed by atoms with Gasteiger partial charge < -0.3 is 0 Å². The van der Waals surface area contributed by atoms with Gasteiger partial charge in [0.25, 0.3) is 0 Å². The fourth-order valence-corrected chi connectivity index (χ4v) is 3.18. The molecule has 1 heterocycles. The van der Waals surface area contributed by atoms with E-state index in [2.05, 4.69) is 9.98 Å². The number of amides is 3. The summed E-state index contributed by atoms with van der Waals surface area (Å²) in [5.41, 5.74) is 0.822. The van der Waals surface area contributed by atoms with Crippen molar-refractivity contribution in [1.82, 2.24) is 4.90 Å². The number of imide groups is 1. The molecule has 2 atom stereocenters. The fourth-order valence-electron chi connectivity index (χ4n) is 2.73. The molecule has 0 bridgehead atoms. The first kappa shape index (κ1) is 19.3. The van der Waals surface area contributed by atoms with Crippen LogP contribution in [0, 0.1) is 11.3 Å². The Hall–Kier alpha value is -3.05. The Balaban J connectivity index is 2.58. The number of hydrogen-bond acceptors (Lipinski definition) is 6. The minimum absolute atomic E-state index is 0.408. The number of carbonyl (C=O) groups is 3. The molecule has 2 unspecified atom stereocenters. The molecule has 0 radical (unpaired) electrons. The number of carbonyl (C=O) groups excluding carboxylic acids is 3. The summed E-state index contributed by atoms with van der Waals surface area (Å²) in [7, 11) is 0. The molecule has 1 aromatic rings. The third-order valence-corrected chi connectivity index (χ3v) is 4.18. The summed E-state index contributed by atoms with van der Waals surface area (Å²) in [4.78, 5) is 44.6. The maximum absolute atomic E-state index is 12.3. The average Bonchev–Trinajstić information content (AvgIpc) is 2.56. The first-order valence-electron chi connectivity index (χ1n) is 7.58. The van der Waals surface area contributed by atoms with Crippen LogP contribution in [-0.4, -0.2) is 46.3 Å². The highest BCUT2D eigenvalue weighted by Gasteiger charge is 2.50. The summed E-state index contributed by atoms with van der Waals surface area (Å²) < 4.78 is 0. The second kappa shape index (κ2) is 7.45. The lowest BCUT2D eigenvalue weighted by Gasteiger charge is -2.43. The number of nitriles is 1. The van der Waals surface area contributed by atoms with Crippen molar-refractivity contribution in [3.8, 4) is 6.07 Å². The Labute approximate surface area is 155 Å². The van der Waals surface area contributed by atoms with Crippen molar-refractivity contribution in [2.45, 2.75) is 31.9 Å². The van der Waals surface area contributed by atoms with E-state index in [1.165, 1.54) is 50.4 Å². The molecule has 134 valence electrons. The van der Waals surface area contributed by atoms with Crippen molar-refractivity contribution in [2.75, 3.05) is 4.90 Å². The summed E-state index contributed by atoms with van der Waals surface area (Å²) in [5, 5.41) is 8.93. The van der Waals surface area contributed by atoms with Crippen LogP contribution >= 0.6 is 11.6 Å². The van der Waals surface area contributed by atoms with Crippen LogP contribution in [0.25, 0.3) is 0 Å². The molecule has 9 heteroatoms. The molecule has 0 spiro atoms. The lowest BCUT2D eigenvalue weighted by molar-refractivity contribution is -0.145. The predicted molar refractivity (Wildman–Crippen MR) is 96.9 cm³/mol. The molecule has 1 aromatic carbocycles. The minimum Gasteiger partial charge on any atom is -0.286 e. The Morgan fingerprint density at radius 3 is 2.15 bits per heavy atom. The number of aliphatic imine (C=N–C) groups is 2. The topological polar surface area (TPSA) is 106 Å². The summed E-state index contributed by atoms with van der Waals surface area (Å²) in [6.45, 7) is 3.69. The molecule has 0 saturated heterocycles. The van der Waals surface area contributed by atoms with Gasteiger partial charge in [-0.2, -0.15) is 5.26 Å². The molecular formula is C17H16ClN5O3. The molecule has 2 rings (SSSR count). The monoisotopic (exact) mass is 373 g/mol. The highest BCUT2D eigenvalue weighted by atomic mass is 35.5. The molecule has 1 aliphatic rings. The molecule has 1 aliphatic heterocycles. The molecular weight excluding hydrogens is 358 g/mol. The second-order valence-electron chi connectivity index (χ2n) is 5.57. The molecule has 0 N–H and O–H groups in total. The summed E-state index contributed by atoms with van der Waals surface area (Å²) >= 11 is 6.62. The first-order chi connectivity index (χ1) is 12.2. The number of alkyl halides is 1. The Bertz CT molecular complexity index is 829. The van der Waals surface area contributed by atoms with Crippen molar-refractivity contribution >= 4 is 47.6 Å². The molecule has 3 amide bonds. The summed E-state index contributed by atoms with van der Waals surface area (Å²) in [5.74, 6) is -1.63. The van der Waals surface area contributed by atoms with Crippen LogP contribution in [0.2, 0.25) is 0 Å². The van der Waals surface area contributed by atoms with E-state index >= 15 is 0 Å². The van der Waals surface area contributed by atoms with Gasteiger partial charge in [0.15, 0.2) is 6.17 Å². The van der Waals surface area contributed by atoms with Gasteiger partial charge in [0.2, 0.25) is 22.7 Å². The van der Waals surface area contributed by atoms with Crippen molar-refractivity contribution in [3.05, 3.63) is 29.8 Å². The zero-order valence-corrected chi connectivity index (χ0v) is 15.1. The van der Waals surface area contributed by atoms with Crippen LogP contribution in [0.1, 0.15) is 26.3 Å². The highest BCUT2D eigenvalue weighted by Crippen LogP contribution is 2.33. The van der Waals surface area contributed by atoms with E-state index < -0.39 is 28.9 Å². The fraction of sp³-hybridized carbons (Fsp3) is 0.294. The molecule has 0 saturated carbocycles. The van der Waals surface area contributed by atoms with Gasteiger partial charge in [-0.15, -0.1) is 0 Å². The van der Waals surface area contributed by atoms with Gasteiger partial charge >= 0.3 is 0 Å². The molecule has 26 heavy (non-hydrogen) atoms. The number of anilines is 1. The minimum atomic E-state index is -1.79. The Morgan fingerprint density at radius 2 is 1.69 bits per heavy atom. The van der Waals surface area contributed by atoms with E-state index in [0.29, 0.717) is 11.3 Å². The number of rotatable bonds is 3. The van der Waals surface area contributed by atoms with E-state index in [-0.39, 0.29) is 0 Å². The average molecular weight is 374 g/mol. The van der Waals surface area contributed by atoms with Gasteiger partial charge in [0, 0.05) is 26.5 Å². The lowest BCUT2D eigenvalue weighted by Crippen LogP contribution is -2.63. The normalized spacial score (nSPS) is 21.0. The standard InChI is InChI=1S/C17H16ClN5O3/c1-11(24)22(15-6-4-14(8-19)5-7-15)16-17(18,9-20-10-21-16)23(12(2)25)13(3)26/h4-7,9-10,16H,1-3H3. The maximum atomic E-state index is 12.3. The summed E-state index contributed by atoms with van der Waals surface area (Å²) in [6, 6.07) is 8.18. The third kappa shape index (κ3) is 3.48. The first-order valence-corrected chi connectivity index (χ1v) is 7.96. The zero-order chi connectivity index (χ0) is 19.5. The molecule has 8 nitrogen and oxygen atoms in total. The summed E-state index contributed by atoms with van der Waals surface area (Å²) in [6.07, 6.45) is 1.28. The van der Waals surface area contributed by atoms with E-state index in [9.17, 15) is 14.4 Å². The predicted octanol–water partition coefficient (Wildman–Crippen LogP) is 1.68. The van der Waals surface area contributed by atoms with Gasteiger partial charge in [0.1, 0.15) is 6.34 Å². The van der Waals surface area contributed by atoms with Crippen molar-refractivity contribution in [2.24, 2.45) is 9.98 Å². The van der Waals surface area contributed by atoms with E-state index in [1.807, 2.05) is 6.07 Å². The number of benzene rings is 1. The number of nitrogens with zero attached hydrogens (tertiary/aromatic N) is 5. The second-order valence-corrected chi connectivity index (χ2v) is 6.17. The molecule has 0 fully saturated rings. The maximum Gasteiger partial charge on any atom is 0.227 e. The zero-order valence-electron chi connectivity index (χ0n) is 14.4.